The highest BCUT2D eigenvalue weighted by Crippen LogP contribution is 2.37. The van der Waals surface area contributed by atoms with Crippen molar-refractivity contribution in [1.29, 1.82) is 0 Å². The Hall–Kier alpha value is -3.51. The second-order valence-corrected chi connectivity index (χ2v) is 13.5. The molecule has 2 aromatic rings. The van der Waals surface area contributed by atoms with Crippen LogP contribution in [0.2, 0.25) is 0 Å². The summed E-state index contributed by atoms with van der Waals surface area (Å²) in [5, 5.41) is 3.42. The molecule has 0 unspecified atom stereocenters. The predicted molar refractivity (Wildman–Crippen MR) is 174 cm³/mol. The number of alkyl halides is 1. The quantitative estimate of drug-likeness (QED) is 0.153. The lowest BCUT2D eigenvalue weighted by molar-refractivity contribution is -0.193. The van der Waals surface area contributed by atoms with Crippen molar-refractivity contribution in [1.82, 2.24) is 19.9 Å². The third-order valence-electron chi connectivity index (χ3n) is 9.67. The minimum Gasteiger partial charge on any atom is -0.456 e. The van der Waals surface area contributed by atoms with Crippen LogP contribution in [0.25, 0.3) is 11.3 Å². The molecule has 11 nitrogen and oxygen atoms in total. The number of aryl methyl sites for hydroxylation is 1. The first-order valence-electron chi connectivity index (χ1n) is 16.4. The van der Waals surface area contributed by atoms with Gasteiger partial charge < -0.3 is 24.1 Å². The smallest absolute Gasteiger partial charge is 0.351 e. The van der Waals surface area contributed by atoms with E-state index in [9.17, 15) is 19.2 Å². The van der Waals surface area contributed by atoms with Gasteiger partial charge in [0.25, 0.3) is 12.1 Å². The zero-order valence-corrected chi connectivity index (χ0v) is 29.0. The minimum absolute atomic E-state index is 0.104. The molecule has 1 aliphatic rings. The number of ketones is 2. The number of aromatic nitrogens is 3. The van der Waals surface area contributed by atoms with E-state index < -0.39 is 58.5 Å². The molecule has 0 saturated carbocycles. The molecule has 0 radical (unpaired) electrons. The molecule has 1 aliphatic heterocycles. The molecule has 1 fully saturated rings. The van der Waals surface area contributed by atoms with Crippen LogP contribution in [0.1, 0.15) is 80.6 Å². The fraction of sp³-hybridized carbons (Fsp3) is 0.657. The number of Topliss-reactive ketones (excluding diaryl/α,β-unsaturated/α-hetero) is 2. The van der Waals surface area contributed by atoms with Gasteiger partial charge in [-0.3, -0.25) is 19.4 Å². The molecule has 260 valence electrons. The van der Waals surface area contributed by atoms with Crippen LogP contribution in [-0.4, -0.2) is 81.2 Å². The molecule has 0 aliphatic carbocycles. The Morgan fingerprint density at radius 2 is 1.83 bits per heavy atom. The molecule has 1 N–H and O–H groups in total. The zero-order chi connectivity index (χ0) is 35.0. The predicted octanol–water partition coefficient (Wildman–Crippen LogP) is 4.91. The number of nitrogens with one attached hydrogen (secondary N) is 1. The number of pyridine rings is 1. The first-order chi connectivity index (χ1) is 22.1. The summed E-state index contributed by atoms with van der Waals surface area (Å²) in [4.78, 5) is 61.2. The first kappa shape index (κ1) is 37.9. The van der Waals surface area contributed by atoms with Crippen LogP contribution in [-0.2, 0) is 39.9 Å². The highest BCUT2D eigenvalue weighted by atomic mass is 19.1. The third kappa shape index (κ3) is 8.90. The van der Waals surface area contributed by atoms with Gasteiger partial charge in [0, 0.05) is 55.6 Å². The number of nitrogens with zero attached hydrogens (tertiary/aromatic N) is 3. The van der Waals surface area contributed by atoms with E-state index in [1.54, 1.807) is 53.3 Å². The van der Waals surface area contributed by atoms with Crippen molar-refractivity contribution in [3.8, 4) is 11.3 Å². The van der Waals surface area contributed by atoms with Gasteiger partial charge >= 0.3 is 5.97 Å². The van der Waals surface area contributed by atoms with Crippen LogP contribution >= 0.6 is 0 Å². The number of carbonyl (C=O) groups excluding carboxylic acids is 4. The molecule has 3 heterocycles. The van der Waals surface area contributed by atoms with Gasteiger partial charge in [0.15, 0.2) is 11.4 Å². The van der Waals surface area contributed by atoms with Crippen molar-refractivity contribution >= 4 is 24.0 Å². The van der Waals surface area contributed by atoms with E-state index in [4.69, 9.17) is 14.2 Å². The first-order valence-corrected chi connectivity index (χ1v) is 16.4. The van der Waals surface area contributed by atoms with Crippen LogP contribution < -0.4 is 5.32 Å². The fourth-order valence-electron chi connectivity index (χ4n) is 6.91. The largest absolute Gasteiger partial charge is 0.456 e. The summed E-state index contributed by atoms with van der Waals surface area (Å²) >= 11 is 0. The van der Waals surface area contributed by atoms with Gasteiger partial charge in [-0.2, -0.15) is 0 Å². The number of imidazole rings is 1. The van der Waals surface area contributed by atoms with E-state index in [-0.39, 0.29) is 31.5 Å². The van der Waals surface area contributed by atoms with Crippen LogP contribution in [0.15, 0.2) is 37.1 Å². The molecule has 1 saturated heterocycles. The van der Waals surface area contributed by atoms with Crippen molar-refractivity contribution in [2.45, 2.75) is 116 Å². The van der Waals surface area contributed by atoms with E-state index in [1.807, 2.05) is 22.9 Å². The number of hydrogen-bond acceptors (Lipinski definition) is 10. The molecular formula is C35H51FN4O7. The number of cyclic esters (lactones) is 1. The highest BCUT2D eigenvalue weighted by molar-refractivity contribution is 6.07. The van der Waals surface area contributed by atoms with Crippen molar-refractivity contribution in [3.05, 3.63) is 37.1 Å². The second kappa shape index (κ2) is 16.1. The summed E-state index contributed by atoms with van der Waals surface area (Å²) < 4.78 is 35.1. The lowest BCUT2D eigenvalue weighted by atomic mass is 9.74. The molecule has 0 amide bonds. The van der Waals surface area contributed by atoms with Crippen molar-refractivity contribution in [2.75, 3.05) is 13.7 Å². The summed E-state index contributed by atoms with van der Waals surface area (Å²) in [5.74, 6) is -4.54. The lowest BCUT2D eigenvalue weighted by Crippen LogP contribution is -2.63. The number of ether oxygens (including phenoxy) is 3. The van der Waals surface area contributed by atoms with Gasteiger partial charge in [-0.25, -0.2) is 14.2 Å². The Morgan fingerprint density at radius 3 is 2.45 bits per heavy atom. The molecule has 8 atom stereocenters. The number of methoxy groups -OCH3 is 1. The average Bonchev–Trinajstić information content (AvgIpc) is 3.52. The van der Waals surface area contributed by atoms with E-state index in [2.05, 4.69) is 15.3 Å². The van der Waals surface area contributed by atoms with Crippen molar-refractivity contribution in [3.63, 3.8) is 0 Å². The average molecular weight is 659 g/mol. The van der Waals surface area contributed by atoms with E-state index >= 15 is 4.39 Å². The van der Waals surface area contributed by atoms with Gasteiger partial charge in [-0.05, 0) is 71.6 Å². The van der Waals surface area contributed by atoms with Gasteiger partial charge in [0.1, 0.15) is 11.9 Å². The van der Waals surface area contributed by atoms with E-state index in [0.717, 1.165) is 24.6 Å². The number of esters is 1. The Morgan fingerprint density at radius 1 is 1.13 bits per heavy atom. The summed E-state index contributed by atoms with van der Waals surface area (Å²) in [7, 11) is 1.48. The van der Waals surface area contributed by atoms with Crippen molar-refractivity contribution < 1.29 is 37.8 Å². The SMILES string of the molecule is CC[C@H]1OC(=O)[C@@](C)(F)C(=O)[C@H](C)C[C@](C)(OC)C[C@@H](C)C(=O)[C@H](C)[C@@H](NCCCCn2cnc(-c3cccnc3)c2)[C@]1(C)OC=O. The molecule has 2 aromatic heterocycles. The summed E-state index contributed by atoms with van der Waals surface area (Å²) in [6, 6.07) is 2.99. The van der Waals surface area contributed by atoms with Gasteiger partial charge in [0.2, 0.25) is 0 Å². The topological polar surface area (TPSA) is 139 Å². The van der Waals surface area contributed by atoms with E-state index in [0.29, 0.717) is 19.5 Å². The molecule has 0 bridgehead atoms. The number of unbranched alkanes of at least 4 members (excludes halogenated alkanes) is 1. The van der Waals surface area contributed by atoms with Crippen molar-refractivity contribution in [2.24, 2.45) is 17.8 Å². The Kier molecular flexibility index (Phi) is 13.0. The minimum atomic E-state index is -2.95. The maximum Gasteiger partial charge on any atom is 0.351 e. The van der Waals surface area contributed by atoms with Crippen LogP contribution in [0.3, 0.4) is 0 Å². The molecule has 47 heavy (non-hydrogen) atoms. The zero-order valence-electron chi connectivity index (χ0n) is 29.0. The van der Waals surface area contributed by atoms with Crippen LogP contribution in [0.5, 0.6) is 0 Å². The van der Waals surface area contributed by atoms with Gasteiger partial charge in [-0.1, -0.05) is 27.7 Å². The number of carbonyl (C=O) groups is 4. The second-order valence-electron chi connectivity index (χ2n) is 13.5. The Labute approximate surface area is 277 Å². The maximum absolute atomic E-state index is 16.0. The molecule has 0 aromatic carbocycles. The Bertz CT molecular complexity index is 1370. The lowest BCUT2D eigenvalue weighted by Gasteiger charge is -2.45. The highest BCUT2D eigenvalue weighted by Gasteiger charge is 2.53. The summed E-state index contributed by atoms with van der Waals surface area (Å²) in [6.07, 6.45) is 7.99. The summed E-state index contributed by atoms with van der Waals surface area (Å²) in [6.45, 7) is 12.4. The van der Waals surface area contributed by atoms with Gasteiger partial charge in [0.05, 0.1) is 23.7 Å². The van der Waals surface area contributed by atoms with Gasteiger partial charge in [-0.15, -0.1) is 0 Å². The fourth-order valence-corrected chi connectivity index (χ4v) is 6.91. The number of hydrogen-bond donors (Lipinski definition) is 1. The number of rotatable bonds is 11. The third-order valence-corrected chi connectivity index (χ3v) is 9.67. The Balaban J connectivity index is 1.88. The normalized spacial score (nSPS) is 32.8. The van der Waals surface area contributed by atoms with Crippen LogP contribution in [0, 0.1) is 17.8 Å². The molecule has 3 rings (SSSR count). The maximum atomic E-state index is 16.0. The molecule has 12 heteroatoms. The number of halogens is 1. The molecule has 0 spiro atoms. The monoisotopic (exact) mass is 658 g/mol. The van der Waals surface area contributed by atoms with E-state index in [1.165, 1.54) is 14.0 Å². The standard InChI is InChI=1S/C35H51FN4O7/c1-9-28-35(7,46-22-41)30(38-15-10-11-16-40-20-27(39-21-40)26-13-12-14-37-19-26)25(4)29(42)23(2)17-33(5,45-8)18-24(3)31(43)34(6,36)32(44)47-28/h12-14,19-25,28,30,38H,9-11,15-18H2,1-8H3/t23-,24-,25+,28-,30-,33-,34+,35-/m1/s1. The summed E-state index contributed by atoms with van der Waals surface area (Å²) in [5.41, 5.74) is -3.73. The molecular weight excluding hydrogens is 607 g/mol. The van der Waals surface area contributed by atoms with Crippen LogP contribution in [0.4, 0.5) is 4.39 Å².